The van der Waals surface area contributed by atoms with Crippen LogP contribution < -0.4 is 10.2 Å². The minimum atomic E-state index is 0.620. The van der Waals surface area contributed by atoms with Gasteiger partial charge in [-0.15, -0.1) is 5.10 Å². The molecule has 1 aromatic heterocycles. The summed E-state index contributed by atoms with van der Waals surface area (Å²) in [7, 11) is 5.84. The van der Waals surface area contributed by atoms with E-state index in [-0.39, 0.29) is 0 Å². The highest BCUT2D eigenvalue weighted by atomic mass is 35.5. The molecule has 0 unspecified atom stereocenters. The predicted molar refractivity (Wildman–Crippen MR) is 74.1 cm³/mol. The van der Waals surface area contributed by atoms with Crippen molar-refractivity contribution in [2.75, 3.05) is 24.3 Å². The van der Waals surface area contributed by atoms with Crippen molar-refractivity contribution >= 4 is 23.0 Å². The van der Waals surface area contributed by atoms with E-state index in [2.05, 4.69) is 15.6 Å². The number of anilines is 2. The van der Waals surface area contributed by atoms with Crippen LogP contribution in [0, 0.1) is 0 Å². The number of nitrogens with zero attached hydrogens (tertiary/aromatic N) is 4. The van der Waals surface area contributed by atoms with Crippen molar-refractivity contribution in [1.82, 2.24) is 15.0 Å². The Morgan fingerprint density at radius 3 is 2.78 bits per heavy atom. The van der Waals surface area contributed by atoms with Crippen LogP contribution in [0.4, 0.5) is 11.4 Å². The molecule has 0 radical (unpaired) electrons. The third-order valence-corrected chi connectivity index (χ3v) is 2.79. The van der Waals surface area contributed by atoms with Crippen LogP contribution in [-0.2, 0) is 13.6 Å². The Morgan fingerprint density at radius 1 is 1.39 bits per heavy atom. The summed E-state index contributed by atoms with van der Waals surface area (Å²) in [6.07, 6.45) is 1.88. The van der Waals surface area contributed by atoms with Gasteiger partial charge in [-0.25, -0.2) is 0 Å². The van der Waals surface area contributed by atoms with Gasteiger partial charge in [-0.2, -0.15) is 0 Å². The van der Waals surface area contributed by atoms with Crippen molar-refractivity contribution in [2.45, 2.75) is 6.54 Å². The first-order valence-electron chi connectivity index (χ1n) is 5.62. The van der Waals surface area contributed by atoms with Crippen LogP contribution in [0.1, 0.15) is 5.69 Å². The molecule has 0 spiro atoms. The van der Waals surface area contributed by atoms with Gasteiger partial charge in [0, 0.05) is 32.4 Å². The van der Waals surface area contributed by atoms with E-state index < -0.39 is 0 Å². The van der Waals surface area contributed by atoms with E-state index in [1.54, 1.807) is 4.68 Å². The topological polar surface area (TPSA) is 46.0 Å². The van der Waals surface area contributed by atoms with Crippen LogP contribution in [0.5, 0.6) is 0 Å². The molecule has 6 heteroatoms. The van der Waals surface area contributed by atoms with Gasteiger partial charge in [-0.1, -0.05) is 16.8 Å². The Balaban J connectivity index is 2.15. The van der Waals surface area contributed by atoms with Crippen molar-refractivity contribution in [2.24, 2.45) is 7.05 Å². The summed E-state index contributed by atoms with van der Waals surface area (Å²) in [5.41, 5.74) is 2.96. The summed E-state index contributed by atoms with van der Waals surface area (Å²) in [6.45, 7) is 0.620. The Morgan fingerprint density at radius 2 is 2.17 bits per heavy atom. The molecule has 0 fully saturated rings. The SMILES string of the molecule is CN(C)c1ccc(Cl)cc1NCc1cn(C)nn1. The minimum absolute atomic E-state index is 0.620. The lowest BCUT2D eigenvalue weighted by Gasteiger charge is -2.18. The summed E-state index contributed by atoms with van der Waals surface area (Å²) in [5.74, 6) is 0. The number of hydrogen-bond acceptors (Lipinski definition) is 4. The van der Waals surface area contributed by atoms with Crippen LogP contribution in [0.15, 0.2) is 24.4 Å². The Bertz CT molecular complexity index is 535. The van der Waals surface area contributed by atoms with Crippen molar-refractivity contribution < 1.29 is 0 Å². The Kier molecular flexibility index (Phi) is 3.72. The lowest BCUT2D eigenvalue weighted by atomic mass is 10.2. The van der Waals surface area contributed by atoms with Crippen molar-refractivity contribution in [1.29, 1.82) is 0 Å². The molecule has 0 aliphatic heterocycles. The first-order chi connectivity index (χ1) is 8.56. The van der Waals surface area contributed by atoms with E-state index in [0.717, 1.165) is 17.1 Å². The van der Waals surface area contributed by atoms with Crippen LogP contribution in [0.2, 0.25) is 5.02 Å². The number of aromatic nitrogens is 3. The molecule has 5 nitrogen and oxygen atoms in total. The first kappa shape index (κ1) is 12.7. The smallest absolute Gasteiger partial charge is 0.102 e. The predicted octanol–water partition coefficient (Wildman–Crippen LogP) is 2.15. The molecule has 1 aromatic carbocycles. The molecule has 0 aliphatic rings. The van der Waals surface area contributed by atoms with Crippen LogP contribution in [-0.4, -0.2) is 29.1 Å². The lowest BCUT2D eigenvalue weighted by molar-refractivity contribution is 0.713. The largest absolute Gasteiger partial charge is 0.378 e. The fourth-order valence-corrected chi connectivity index (χ4v) is 1.87. The summed E-state index contributed by atoms with van der Waals surface area (Å²) < 4.78 is 1.68. The van der Waals surface area contributed by atoms with Gasteiger partial charge < -0.3 is 10.2 Å². The van der Waals surface area contributed by atoms with E-state index in [1.807, 2.05) is 50.4 Å². The molecule has 18 heavy (non-hydrogen) atoms. The average Bonchev–Trinajstić information content (AvgIpc) is 2.72. The number of halogens is 1. The molecule has 0 saturated heterocycles. The molecule has 0 saturated carbocycles. The van der Waals surface area contributed by atoms with E-state index in [9.17, 15) is 0 Å². The van der Waals surface area contributed by atoms with Gasteiger partial charge in [0.2, 0.25) is 0 Å². The van der Waals surface area contributed by atoms with Gasteiger partial charge in [0.15, 0.2) is 0 Å². The number of aryl methyl sites for hydroxylation is 1. The van der Waals surface area contributed by atoms with E-state index in [4.69, 9.17) is 11.6 Å². The normalized spacial score (nSPS) is 10.4. The Labute approximate surface area is 111 Å². The summed E-state index contributed by atoms with van der Waals surface area (Å²) >= 11 is 6.02. The van der Waals surface area contributed by atoms with Gasteiger partial charge in [-0.05, 0) is 18.2 Å². The molecule has 2 aromatic rings. The van der Waals surface area contributed by atoms with Crippen molar-refractivity contribution in [3.05, 3.63) is 35.1 Å². The summed E-state index contributed by atoms with van der Waals surface area (Å²) in [6, 6.07) is 5.78. The molecule has 2 rings (SSSR count). The minimum Gasteiger partial charge on any atom is -0.378 e. The quantitative estimate of drug-likeness (QED) is 0.920. The zero-order valence-corrected chi connectivity index (χ0v) is 11.4. The molecule has 0 atom stereocenters. The van der Waals surface area contributed by atoms with Gasteiger partial charge in [0.05, 0.1) is 17.9 Å². The third-order valence-electron chi connectivity index (χ3n) is 2.55. The standard InChI is InChI=1S/C12H16ClN5/c1-17(2)12-5-4-9(13)6-11(12)14-7-10-8-18(3)16-15-10/h4-6,8,14H,7H2,1-3H3. The van der Waals surface area contributed by atoms with E-state index in [0.29, 0.717) is 11.6 Å². The van der Waals surface area contributed by atoms with Gasteiger partial charge >= 0.3 is 0 Å². The van der Waals surface area contributed by atoms with E-state index in [1.165, 1.54) is 0 Å². The maximum absolute atomic E-state index is 6.02. The van der Waals surface area contributed by atoms with Gasteiger partial charge in [-0.3, -0.25) is 4.68 Å². The second-order valence-electron chi connectivity index (χ2n) is 4.29. The number of benzene rings is 1. The van der Waals surface area contributed by atoms with Crippen LogP contribution in [0.3, 0.4) is 0 Å². The Hall–Kier alpha value is -1.75. The molecular weight excluding hydrogens is 250 g/mol. The molecular formula is C12H16ClN5. The number of rotatable bonds is 4. The van der Waals surface area contributed by atoms with E-state index >= 15 is 0 Å². The second-order valence-corrected chi connectivity index (χ2v) is 4.73. The number of nitrogens with one attached hydrogen (secondary N) is 1. The number of hydrogen-bond donors (Lipinski definition) is 1. The van der Waals surface area contributed by atoms with Crippen molar-refractivity contribution in [3.8, 4) is 0 Å². The molecule has 0 amide bonds. The third kappa shape index (κ3) is 2.92. The molecule has 0 bridgehead atoms. The molecule has 1 heterocycles. The van der Waals surface area contributed by atoms with Gasteiger partial charge in [0.1, 0.15) is 5.69 Å². The molecule has 96 valence electrons. The summed E-state index contributed by atoms with van der Waals surface area (Å²) in [4.78, 5) is 2.04. The fraction of sp³-hybridized carbons (Fsp3) is 0.333. The van der Waals surface area contributed by atoms with Crippen molar-refractivity contribution in [3.63, 3.8) is 0 Å². The highest BCUT2D eigenvalue weighted by molar-refractivity contribution is 6.31. The fourth-order valence-electron chi connectivity index (χ4n) is 1.70. The second kappa shape index (κ2) is 5.27. The maximum atomic E-state index is 6.02. The van der Waals surface area contributed by atoms with Crippen LogP contribution >= 0.6 is 11.6 Å². The highest BCUT2D eigenvalue weighted by Crippen LogP contribution is 2.28. The monoisotopic (exact) mass is 265 g/mol. The maximum Gasteiger partial charge on any atom is 0.102 e. The lowest BCUT2D eigenvalue weighted by Crippen LogP contribution is -2.12. The molecule has 0 aliphatic carbocycles. The van der Waals surface area contributed by atoms with Gasteiger partial charge in [0.25, 0.3) is 0 Å². The van der Waals surface area contributed by atoms with Crippen LogP contribution in [0.25, 0.3) is 0 Å². The molecule has 1 N–H and O–H groups in total. The zero-order chi connectivity index (χ0) is 13.1. The first-order valence-corrected chi connectivity index (χ1v) is 6.00. The average molecular weight is 266 g/mol. The summed E-state index contributed by atoms with van der Waals surface area (Å²) in [5, 5.41) is 12.0. The zero-order valence-electron chi connectivity index (χ0n) is 10.7. The highest BCUT2D eigenvalue weighted by Gasteiger charge is 2.06.